The molecular formula is C21H30N2O3. The minimum Gasteiger partial charge on any atom is -0.371 e. The molecule has 1 saturated heterocycles. The molecule has 1 aromatic rings. The van der Waals surface area contributed by atoms with Gasteiger partial charge in [0.15, 0.2) is 0 Å². The number of rotatable bonds is 7. The van der Waals surface area contributed by atoms with Gasteiger partial charge in [0.1, 0.15) is 0 Å². The first-order chi connectivity index (χ1) is 12.7. The number of carbonyl (C=O) groups excluding carboxylic acids is 2. The Morgan fingerprint density at radius 2 is 1.96 bits per heavy atom. The Bertz CT molecular complexity index is 590. The van der Waals surface area contributed by atoms with Crippen molar-refractivity contribution in [1.82, 2.24) is 10.2 Å². The van der Waals surface area contributed by atoms with Gasteiger partial charge >= 0.3 is 0 Å². The molecule has 142 valence electrons. The van der Waals surface area contributed by atoms with E-state index in [1.165, 1.54) is 0 Å². The van der Waals surface area contributed by atoms with Gasteiger partial charge in [0, 0.05) is 25.9 Å². The van der Waals surface area contributed by atoms with Crippen molar-refractivity contribution in [1.29, 1.82) is 0 Å². The zero-order valence-electron chi connectivity index (χ0n) is 15.5. The average molecular weight is 358 g/mol. The van der Waals surface area contributed by atoms with Crippen LogP contribution in [-0.4, -0.2) is 41.9 Å². The minimum absolute atomic E-state index is 0.0299. The second-order valence-corrected chi connectivity index (χ2v) is 7.38. The summed E-state index contributed by atoms with van der Waals surface area (Å²) in [5.74, 6) is 0.225. The third kappa shape index (κ3) is 5.56. The Labute approximate surface area is 156 Å². The summed E-state index contributed by atoms with van der Waals surface area (Å²) in [6.45, 7) is 1.91. The summed E-state index contributed by atoms with van der Waals surface area (Å²) in [6.07, 6.45) is 7.25. The maximum atomic E-state index is 12.3. The van der Waals surface area contributed by atoms with Crippen LogP contribution in [0.2, 0.25) is 0 Å². The van der Waals surface area contributed by atoms with E-state index in [0.29, 0.717) is 26.0 Å². The van der Waals surface area contributed by atoms with Crippen molar-refractivity contribution in [3.8, 4) is 0 Å². The molecule has 2 amide bonds. The van der Waals surface area contributed by atoms with Crippen molar-refractivity contribution in [2.45, 2.75) is 70.1 Å². The SMILES string of the molecule is O=C(CCN1CCCCCC1=O)N[C@@H]1CCC[C@H]1OCc1ccccc1. The number of benzene rings is 1. The van der Waals surface area contributed by atoms with E-state index in [4.69, 9.17) is 4.74 Å². The van der Waals surface area contributed by atoms with Gasteiger partial charge < -0.3 is 15.0 Å². The van der Waals surface area contributed by atoms with Crippen molar-refractivity contribution in [2.24, 2.45) is 0 Å². The Morgan fingerprint density at radius 1 is 1.12 bits per heavy atom. The number of amides is 2. The van der Waals surface area contributed by atoms with Crippen molar-refractivity contribution in [3.63, 3.8) is 0 Å². The van der Waals surface area contributed by atoms with E-state index in [2.05, 4.69) is 17.4 Å². The zero-order valence-corrected chi connectivity index (χ0v) is 15.5. The quantitative estimate of drug-likeness (QED) is 0.815. The summed E-state index contributed by atoms with van der Waals surface area (Å²) in [4.78, 5) is 26.2. The van der Waals surface area contributed by atoms with Crippen LogP contribution < -0.4 is 5.32 Å². The van der Waals surface area contributed by atoms with Crippen LogP contribution in [-0.2, 0) is 20.9 Å². The summed E-state index contributed by atoms with van der Waals surface area (Å²) < 4.78 is 6.05. The molecule has 26 heavy (non-hydrogen) atoms. The monoisotopic (exact) mass is 358 g/mol. The summed E-state index contributed by atoms with van der Waals surface area (Å²) in [5, 5.41) is 3.13. The first kappa shape index (κ1) is 18.9. The molecule has 5 nitrogen and oxygen atoms in total. The molecule has 1 N–H and O–H groups in total. The second-order valence-electron chi connectivity index (χ2n) is 7.38. The normalized spacial score (nSPS) is 23.7. The van der Waals surface area contributed by atoms with E-state index in [1.807, 2.05) is 23.1 Å². The predicted molar refractivity (Wildman–Crippen MR) is 100 cm³/mol. The molecule has 2 atom stereocenters. The number of ether oxygens (including phenoxy) is 1. The van der Waals surface area contributed by atoms with Gasteiger partial charge in [0.2, 0.25) is 11.8 Å². The summed E-state index contributed by atoms with van der Waals surface area (Å²) >= 11 is 0. The highest BCUT2D eigenvalue weighted by atomic mass is 16.5. The summed E-state index contributed by atoms with van der Waals surface area (Å²) in [5.41, 5.74) is 1.16. The molecule has 2 aliphatic rings. The Morgan fingerprint density at radius 3 is 2.81 bits per heavy atom. The second kappa shape index (κ2) is 9.72. The highest BCUT2D eigenvalue weighted by molar-refractivity contribution is 5.79. The zero-order chi connectivity index (χ0) is 18.2. The molecule has 1 saturated carbocycles. The number of likely N-dealkylation sites (tertiary alicyclic amines) is 1. The molecule has 1 aromatic carbocycles. The molecule has 0 bridgehead atoms. The smallest absolute Gasteiger partial charge is 0.222 e. The van der Waals surface area contributed by atoms with Gasteiger partial charge in [-0.05, 0) is 37.7 Å². The van der Waals surface area contributed by atoms with Crippen LogP contribution in [0.3, 0.4) is 0 Å². The minimum atomic E-state index is 0.0299. The van der Waals surface area contributed by atoms with Crippen molar-refractivity contribution >= 4 is 11.8 Å². The van der Waals surface area contributed by atoms with Crippen LogP contribution in [0.15, 0.2) is 30.3 Å². The molecule has 5 heteroatoms. The molecule has 0 spiro atoms. The molecular weight excluding hydrogens is 328 g/mol. The fourth-order valence-electron chi connectivity index (χ4n) is 3.86. The van der Waals surface area contributed by atoms with Crippen molar-refractivity contribution < 1.29 is 14.3 Å². The standard InChI is InChI=1S/C21H30N2O3/c24-20(13-15-23-14-6-2-5-12-21(23)25)22-18-10-7-11-19(18)26-16-17-8-3-1-4-9-17/h1,3-4,8-9,18-19H,2,5-7,10-16H2,(H,22,24)/t18-,19-/m1/s1. The van der Waals surface area contributed by atoms with Gasteiger partial charge in [-0.15, -0.1) is 0 Å². The maximum absolute atomic E-state index is 12.3. The molecule has 0 unspecified atom stereocenters. The van der Waals surface area contributed by atoms with Crippen LogP contribution in [0.1, 0.15) is 56.9 Å². The van der Waals surface area contributed by atoms with Gasteiger partial charge in [0.25, 0.3) is 0 Å². The Hall–Kier alpha value is -1.88. The van der Waals surface area contributed by atoms with Gasteiger partial charge in [-0.3, -0.25) is 9.59 Å². The van der Waals surface area contributed by atoms with Crippen LogP contribution >= 0.6 is 0 Å². The lowest BCUT2D eigenvalue weighted by Gasteiger charge is -2.23. The van der Waals surface area contributed by atoms with E-state index in [9.17, 15) is 9.59 Å². The topological polar surface area (TPSA) is 58.6 Å². The van der Waals surface area contributed by atoms with E-state index in [1.54, 1.807) is 0 Å². The van der Waals surface area contributed by atoms with Gasteiger partial charge in [-0.2, -0.15) is 0 Å². The predicted octanol–water partition coefficient (Wildman–Crippen LogP) is 3.03. The highest BCUT2D eigenvalue weighted by Crippen LogP contribution is 2.23. The number of carbonyl (C=O) groups is 2. The molecule has 1 aliphatic heterocycles. The lowest BCUT2D eigenvalue weighted by Crippen LogP contribution is -2.42. The molecule has 1 heterocycles. The molecule has 2 fully saturated rings. The lowest BCUT2D eigenvalue weighted by molar-refractivity contribution is -0.131. The van der Waals surface area contributed by atoms with Crippen LogP contribution in [0.5, 0.6) is 0 Å². The molecule has 3 rings (SSSR count). The van der Waals surface area contributed by atoms with E-state index in [0.717, 1.165) is 50.6 Å². The number of nitrogens with zero attached hydrogens (tertiary/aromatic N) is 1. The first-order valence-electron chi connectivity index (χ1n) is 9.95. The highest BCUT2D eigenvalue weighted by Gasteiger charge is 2.29. The van der Waals surface area contributed by atoms with E-state index in [-0.39, 0.29) is 24.0 Å². The fraction of sp³-hybridized carbons (Fsp3) is 0.619. The van der Waals surface area contributed by atoms with Gasteiger partial charge in [-0.1, -0.05) is 36.8 Å². The van der Waals surface area contributed by atoms with Crippen molar-refractivity contribution in [3.05, 3.63) is 35.9 Å². The van der Waals surface area contributed by atoms with Crippen LogP contribution in [0.25, 0.3) is 0 Å². The summed E-state index contributed by atoms with van der Waals surface area (Å²) in [7, 11) is 0. The third-order valence-corrected chi connectivity index (χ3v) is 5.39. The van der Waals surface area contributed by atoms with Crippen molar-refractivity contribution in [2.75, 3.05) is 13.1 Å². The maximum Gasteiger partial charge on any atom is 0.222 e. The fourth-order valence-corrected chi connectivity index (χ4v) is 3.86. The molecule has 0 radical (unpaired) electrons. The van der Waals surface area contributed by atoms with E-state index >= 15 is 0 Å². The van der Waals surface area contributed by atoms with Gasteiger partial charge in [-0.25, -0.2) is 0 Å². The number of hydrogen-bond donors (Lipinski definition) is 1. The van der Waals surface area contributed by atoms with Crippen LogP contribution in [0.4, 0.5) is 0 Å². The Kier molecular flexibility index (Phi) is 7.06. The number of nitrogens with one attached hydrogen (secondary N) is 1. The number of hydrogen-bond acceptors (Lipinski definition) is 3. The first-order valence-corrected chi connectivity index (χ1v) is 9.95. The Balaban J connectivity index is 1.41. The lowest BCUT2D eigenvalue weighted by atomic mass is 10.2. The average Bonchev–Trinajstić information content (AvgIpc) is 2.99. The third-order valence-electron chi connectivity index (χ3n) is 5.39. The largest absolute Gasteiger partial charge is 0.371 e. The summed E-state index contributed by atoms with van der Waals surface area (Å²) in [6, 6.07) is 10.2. The van der Waals surface area contributed by atoms with E-state index < -0.39 is 0 Å². The molecule has 0 aromatic heterocycles. The van der Waals surface area contributed by atoms with Crippen LogP contribution in [0, 0.1) is 0 Å². The molecule has 1 aliphatic carbocycles. The van der Waals surface area contributed by atoms with Gasteiger partial charge in [0.05, 0.1) is 18.8 Å².